The minimum absolute atomic E-state index is 0.259. The Bertz CT molecular complexity index is 449. The molecule has 78 valence electrons. The molecule has 1 aromatic rings. The molecular formula is C12H13NO2. The molecule has 0 aromatic heterocycles. The summed E-state index contributed by atoms with van der Waals surface area (Å²) in [5.74, 6) is -0.536. The van der Waals surface area contributed by atoms with Gasteiger partial charge in [0.05, 0.1) is 11.1 Å². The summed E-state index contributed by atoms with van der Waals surface area (Å²) in [5, 5.41) is 2.31. The highest BCUT2D eigenvalue weighted by atomic mass is 16.2. The SMILES string of the molecule is CCCc1ccc2c(c1C)C(=O)NC2=O. The van der Waals surface area contributed by atoms with Gasteiger partial charge in [-0.1, -0.05) is 19.4 Å². The number of rotatable bonds is 2. The van der Waals surface area contributed by atoms with Gasteiger partial charge in [-0.05, 0) is 30.5 Å². The van der Waals surface area contributed by atoms with Gasteiger partial charge in [0.1, 0.15) is 0 Å². The highest BCUT2D eigenvalue weighted by Crippen LogP contribution is 2.23. The summed E-state index contributed by atoms with van der Waals surface area (Å²) in [6.07, 6.45) is 1.98. The van der Waals surface area contributed by atoms with Gasteiger partial charge in [-0.25, -0.2) is 0 Å². The standard InChI is InChI=1S/C12H13NO2/c1-3-4-8-5-6-9-10(7(8)2)12(15)13-11(9)14/h5-6H,3-4H2,1-2H3,(H,13,14,15). The van der Waals surface area contributed by atoms with E-state index in [4.69, 9.17) is 0 Å². The first-order valence-electron chi connectivity index (χ1n) is 5.13. The van der Waals surface area contributed by atoms with E-state index < -0.39 is 0 Å². The van der Waals surface area contributed by atoms with Crippen molar-refractivity contribution in [2.45, 2.75) is 26.7 Å². The number of imide groups is 1. The maximum absolute atomic E-state index is 11.5. The van der Waals surface area contributed by atoms with Crippen molar-refractivity contribution in [2.75, 3.05) is 0 Å². The topological polar surface area (TPSA) is 46.2 Å². The van der Waals surface area contributed by atoms with Gasteiger partial charge in [-0.15, -0.1) is 0 Å². The van der Waals surface area contributed by atoms with Crippen LogP contribution in [0.4, 0.5) is 0 Å². The first kappa shape index (κ1) is 9.90. The van der Waals surface area contributed by atoms with Crippen LogP contribution in [0.15, 0.2) is 12.1 Å². The molecule has 1 aliphatic heterocycles. The second-order valence-corrected chi connectivity index (χ2v) is 3.81. The highest BCUT2D eigenvalue weighted by Gasteiger charge is 2.28. The summed E-state index contributed by atoms with van der Waals surface area (Å²) >= 11 is 0. The number of nitrogens with one attached hydrogen (secondary N) is 1. The molecule has 1 aliphatic rings. The fraction of sp³-hybridized carbons (Fsp3) is 0.333. The van der Waals surface area contributed by atoms with E-state index in [1.54, 1.807) is 6.07 Å². The van der Waals surface area contributed by atoms with E-state index >= 15 is 0 Å². The van der Waals surface area contributed by atoms with Crippen molar-refractivity contribution in [3.8, 4) is 0 Å². The summed E-state index contributed by atoms with van der Waals surface area (Å²) in [7, 11) is 0. The fourth-order valence-corrected chi connectivity index (χ4v) is 2.01. The number of aryl methyl sites for hydroxylation is 1. The molecular weight excluding hydrogens is 190 g/mol. The molecule has 0 saturated carbocycles. The molecule has 0 atom stereocenters. The minimum Gasteiger partial charge on any atom is -0.288 e. The first-order valence-corrected chi connectivity index (χ1v) is 5.13. The van der Waals surface area contributed by atoms with Crippen molar-refractivity contribution in [3.05, 3.63) is 34.4 Å². The molecule has 15 heavy (non-hydrogen) atoms. The normalized spacial score (nSPS) is 14.0. The Balaban J connectivity index is 2.58. The Kier molecular flexibility index (Phi) is 2.31. The minimum atomic E-state index is -0.277. The Morgan fingerprint density at radius 1 is 1.20 bits per heavy atom. The fourth-order valence-electron chi connectivity index (χ4n) is 2.01. The number of amides is 2. The number of hydrogen-bond acceptors (Lipinski definition) is 2. The third-order valence-electron chi connectivity index (χ3n) is 2.80. The average Bonchev–Trinajstić information content (AvgIpc) is 2.47. The smallest absolute Gasteiger partial charge is 0.259 e. The second-order valence-electron chi connectivity index (χ2n) is 3.81. The van der Waals surface area contributed by atoms with Crippen LogP contribution in [-0.2, 0) is 6.42 Å². The summed E-state index contributed by atoms with van der Waals surface area (Å²) in [4.78, 5) is 22.9. The van der Waals surface area contributed by atoms with Gasteiger partial charge in [-0.2, -0.15) is 0 Å². The molecule has 3 heteroatoms. The molecule has 0 spiro atoms. The molecule has 0 bridgehead atoms. The Hall–Kier alpha value is -1.64. The average molecular weight is 203 g/mol. The van der Waals surface area contributed by atoms with Gasteiger partial charge >= 0.3 is 0 Å². The van der Waals surface area contributed by atoms with Crippen molar-refractivity contribution in [3.63, 3.8) is 0 Å². The molecule has 0 aliphatic carbocycles. The van der Waals surface area contributed by atoms with Crippen molar-refractivity contribution in [1.82, 2.24) is 5.32 Å². The van der Waals surface area contributed by atoms with Crippen LogP contribution in [0.1, 0.15) is 45.2 Å². The van der Waals surface area contributed by atoms with Gasteiger partial charge in [0.15, 0.2) is 0 Å². The lowest BCUT2D eigenvalue weighted by molar-refractivity contribution is 0.0879. The maximum atomic E-state index is 11.5. The number of carbonyl (C=O) groups is 2. The van der Waals surface area contributed by atoms with E-state index in [1.165, 1.54) is 0 Å². The van der Waals surface area contributed by atoms with E-state index in [9.17, 15) is 9.59 Å². The second kappa shape index (κ2) is 3.50. The lowest BCUT2D eigenvalue weighted by Gasteiger charge is -2.07. The zero-order valence-corrected chi connectivity index (χ0v) is 8.89. The quantitative estimate of drug-likeness (QED) is 0.745. The zero-order chi connectivity index (χ0) is 11.0. The first-order chi connectivity index (χ1) is 7.15. The third-order valence-corrected chi connectivity index (χ3v) is 2.80. The van der Waals surface area contributed by atoms with E-state index in [-0.39, 0.29) is 11.8 Å². The molecule has 0 unspecified atom stereocenters. The zero-order valence-electron chi connectivity index (χ0n) is 8.89. The lowest BCUT2D eigenvalue weighted by atomic mass is 9.96. The predicted molar refractivity (Wildman–Crippen MR) is 57.0 cm³/mol. The molecule has 0 radical (unpaired) electrons. The van der Waals surface area contributed by atoms with Crippen molar-refractivity contribution < 1.29 is 9.59 Å². The summed E-state index contributed by atoms with van der Waals surface area (Å²) < 4.78 is 0. The third kappa shape index (κ3) is 1.44. The van der Waals surface area contributed by atoms with Crippen LogP contribution in [0.5, 0.6) is 0 Å². The molecule has 3 nitrogen and oxygen atoms in total. The number of benzene rings is 1. The van der Waals surface area contributed by atoms with Crippen LogP contribution >= 0.6 is 0 Å². The van der Waals surface area contributed by atoms with E-state index in [2.05, 4.69) is 12.2 Å². The van der Waals surface area contributed by atoms with Crippen molar-refractivity contribution in [1.29, 1.82) is 0 Å². The molecule has 1 aromatic carbocycles. The van der Waals surface area contributed by atoms with Crippen LogP contribution in [-0.4, -0.2) is 11.8 Å². The van der Waals surface area contributed by atoms with Crippen LogP contribution in [0.25, 0.3) is 0 Å². The maximum Gasteiger partial charge on any atom is 0.259 e. The van der Waals surface area contributed by atoms with Crippen LogP contribution in [0, 0.1) is 6.92 Å². The molecule has 2 rings (SSSR count). The monoisotopic (exact) mass is 203 g/mol. The Morgan fingerprint density at radius 3 is 2.60 bits per heavy atom. The summed E-state index contributed by atoms with van der Waals surface area (Å²) in [6.45, 7) is 4.00. The molecule has 0 saturated heterocycles. The van der Waals surface area contributed by atoms with E-state index in [1.807, 2.05) is 13.0 Å². The Labute approximate surface area is 88.5 Å². The largest absolute Gasteiger partial charge is 0.288 e. The van der Waals surface area contributed by atoms with E-state index in [0.29, 0.717) is 11.1 Å². The van der Waals surface area contributed by atoms with Gasteiger partial charge in [-0.3, -0.25) is 14.9 Å². The number of hydrogen-bond donors (Lipinski definition) is 1. The lowest BCUT2D eigenvalue weighted by Crippen LogP contribution is -2.20. The highest BCUT2D eigenvalue weighted by molar-refractivity contribution is 6.22. The molecule has 1 N–H and O–H groups in total. The number of fused-ring (bicyclic) bond motifs is 1. The molecule has 2 amide bonds. The predicted octanol–water partition coefficient (Wildman–Crippen LogP) is 1.83. The van der Waals surface area contributed by atoms with Crippen LogP contribution in [0.3, 0.4) is 0 Å². The van der Waals surface area contributed by atoms with Gasteiger partial charge in [0.25, 0.3) is 11.8 Å². The van der Waals surface area contributed by atoms with Gasteiger partial charge in [0.2, 0.25) is 0 Å². The van der Waals surface area contributed by atoms with Crippen LogP contribution in [0.2, 0.25) is 0 Å². The molecule has 1 heterocycles. The van der Waals surface area contributed by atoms with E-state index in [0.717, 1.165) is 24.0 Å². The number of carbonyl (C=O) groups excluding carboxylic acids is 2. The van der Waals surface area contributed by atoms with Crippen molar-refractivity contribution >= 4 is 11.8 Å². The van der Waals surface area contributed by atoms with Crippen molar-refractivity contribution in [2.24, 2.45) is 0 Å². The Morgan fingerprint density at radius 2 is 1.93 bits per heavy atom. The molecule has 0 fully saturated rings. The summed E-state index contributed by atoms with van der Waals surface area (Å²) in [6, 6.07) is 3.68. The summed E-state index contributed by atoms with van der Waals surface area (Å²) in [5.41, 5.74) is 3.17. The van der Waals surface area contributed by atoms with Crippen LogP contribution < -0.4 is 5.32 Å². The van der Waals surface area contributed by atoms with Gasteiger partial charge < -0.3 is 0 Å². The van der Waals surface area contributed by atoms with Gasteiger partial charge in [0, 0.05) is 0 Å².